The molecule has 0 N–H and O–H groups in total. The number of carbonyl (C=O) groups is 1. The third kappa shape index (κ3) is 2.87. The standard InChI is InChI=1S/C12H16F4O/c1-2-8-11(13,12(14,15)16)10(17)9-6-4-3-5-7-9/h2,9H,1,3-8H2. The van der Waals surface area contributed by atoms with Gasteiger partial charge in [-0.3, -0.25) is 4.79 Å². The van der Waals surface area contributed by atoms with Crippen molar-refractivity contribution in [3.05, 3.63) is 12.7 Å². The first kappa shape index (κ1) is 14.2. The van der Waals surface area contributed by atoms with Crippen LogP contribution in [0.5, 0.6) is 0 Å². The van der Waals surface area contributed by atoms with E-state index in [1.165, 1.54) is 0 Å². The molecule has 0 amide bonds. The van der Waals surface area contributed by atoms with Crippen LogP contribution in [0.4, 0.5) is 17.6 Å². The number of Topliss-reactive ketones (excluding diaryl/α,β-unsaturated/α-hetero) is 1. The highest BCUT2D eigenvalue weighted by atomic mass is 19.4. The van der Waals surface area contributed by atoms with E-state index in [4.69, 9.17) is 0 Å². The van der Waals surface area contributed by atoms with E-state index in [1.807, 2.05) is 0 Å². The van der Waals surface area contributed by atoms with E-state index >= 15 is 0 Å². The number of alkyl halides is 4. The molecular formula is C12H16F4O. The van der Waals surface area contributed by atoms with Gasteiger partial charge >= 0.3 is 6.18 Å². The highest BCUT2D eigenvalue weighted by Crippen LogP contribution is 2.42. The minimum Gasteiger partial charge on any atom is -0.295 e. The van der Waals surface area contributed by atoms with Crippen LogP contribution in [-0.2, 0) is 4.79 Å². The number of allylic oxidation sites excluding steroid dienone is 1. The second-order valence-electron chi connectivity index (χ2n) is 4.49. The monoisotopic (exact) mass is 252 g/mol. The van der Waals surface area contributed by atoms with Crippen molar-refractivity contribution < 1.29 is 22.4 Å². The predicted molar refractivity (Wildman–Crippen MR) is 56.3 cm³/mol. The summed E-state index contributed by atoms with van der Waals surface area (Å²) < 4.78 is 51.9. The topological polar surface area (TPSA) is 17.1 Å². The van der Waals surface area contributed by atoms with E-state index in [0.29, 0.717) is 25.7 Å². The van der Waals surface area contributed by atoms with Crippen LogP contribution in [0.25, 0.3) is 0 Å². The van der Waals surface area contributed by atoms with Crippen molar-refractivity contribution in [3.8, 4) is 0 Å². The molecule has 17 heavy (non-hydrogen) atoms. The second kappa shape index (κ2) is 5.19. The van der Waals surface area contributed by atoms with Gasteiger partial charge in [-0.1, -0.05) is 25.3 Å². The van der Waals surface area contributed by atoms with Gasteiger partial charge in [0.25, 0.3) is 5.67 Å². The van der Waals surface area contributed by atoms with Crippen LogP contribution in [0.1, 0.15) is 38.5 Å². The first-order valence-electron chi connectivity index (χ1n) is 5.74. The summed E-state index contributed by atoms with van der Waals surface area (Å²) in [7, 11) is 0. The molecule has 1 aliphatic carbocycles. The van der Waals surface area contributed by atoms with Crippen molar-refractivity contribution in [2.24, 2.45) is 5.92 Å². The van der Waals surface area contributed by atoms with Crippen molar-refractivity contribution in [1.82, 2.24) is 0 Å². The van der Waals surface area contributed by atoms with Crippen molar-refractivity contribution in [3.63, 3.8) is 0 Å². The SMILES string of the molecule is C=CCC(F)(C(=O)C1CCCCC1)C(F)(F)F. The van der Waals surface area contributed by atoms with Gasteiger partial charge in [-0.05, 0) is 12.8 Å². The summed E-state index contributed by atoms with van der Waals surface area (Å²) in [6.07, 6.45) is -2.33. The summed E-state index contributed by atoms with van der Waals surface area (Å²) in [6, 6.07) is 0. The lowest BCUT2D eigenvalue weighted by molar-refractivity contribution is -0.227. The molecule has 1 unspecified atom stereocenters. The Morgan fingerprint density at radius 1 is 1.18 bits per heavy atom. The number of halogens is 4. The second-order valence-corrected chi connectivity index (χ2v) is 4.49. The van der Waals surface area contributed by atoms with Crippen molar-refractivity contribution >= 4 is 5.78 Å². The minimum atomic E-state index is -5.16. The molecule has 0 heterocycles. The fraction of sp³-hybridized carbons (Fsp3) is 0.750. The zero-order chi connectivity index (χ0) is 13.1. The molecule has 1 aliphatic rings. The predicted octanol–water partition coefficient (Wildman–Crippen LogP) is 3.98. The Bertz CT molecular complexity index is 291. The van der Waals surface area contributed by atoms with E-state index in [2.05, 4.69) is 6.58 Å². The summed E-state index contributed by atoms with van der Waals surface area (Å²) in [6.45, 7) is 3.09. The Labute approximate surface area is 97.9 Å². The van der Waals surface area contributed by atoms with Gasteiger partial charge in [0.05, 0.1) is 0 Å². The fourth-order valence-electron chi connectivity index (χ4n) is 2.24. The molecule has 0 aliphatic heterocycles. The molecule has 0 aromatic carbocycles. The summed E-state index contributed by atoms with van der Waals surface area (Å²) in [5.41, 5.74) is -3.75. The van der Waals surface area contributed by atoms with Gasteiger partial charge in [-0.25, -0.2) is 4.39 Å². The smallest absolute Gasteiger partial charge is 0.295 e. The van der Waals surface area contributed by atoms with Crippen LogP contribution in [0.3, 0.4) is 0 Å². The highest BCUT2D eigenvalue weighted by molar-refractivity contribution is 5.90. The molecule has 0 aromatic rings. The lowest BCUT2D eigenvalue weighted by Crippen LogP contribution is -2.50. The lowest BCUT2D eigenvalue weighted by Gasteiger charge is -2.31. The van der Waals surface area contributed by atoms with E-state index in [0.717, 1.165) is 12.5 Å². The lowest BCUT2D eigenvalue weighted by atomic mass is 9.79. The average Bonchev–Trinajstić information content (AvgIpc) is 2.28. The molecule has 1 nitrogen and oxygen atoms in total. The van der Waals surface area contributed by atoms with E-state index in [-0.39, 0.29) is 0 Å². The molecule has 5 heteroatoms. The molecule has 1 fully saturated rings. The number of ketones is 1. The largest absolute Gasteiger partial charge is 0.430 e. The van der Waals surface area contributed by atoms with Gasteiger partial charge in [-0.2, -0.15) is 13.2 Å². The van der Waals surface area contributed by atoms with Crippen molar-refractivity contribution in [2.75, 3.05) is 0 Å². The maximum Gasteiger partial charge on any atom is 0.430 e. The third-order valence-electron chi connectivity index (χ3n) is 3.24. The summed E-state index contributed by atoms with van der Waals surface area (Å²) >= 11 is 0. The maximum absolute atomic E-state index is 13.9. The van der Waals surface area contributed by atoms with Gasteiger partial charge in [-0.15, -0.1) is 6.58 Å². The van der Waals surface area contributed by atoms with Crippen LogP contribution in [0.15, 0.2) is 12.7 Å². The van der Waals surface area contributed by atoms with E-state index in [9.17, 15) is 22.4 Å². The summed E-state index contributed by atoms with van der Waals surface area (Å²) in [5, 5.41) is 0. The molecule has 0 bridgehead atoms. The zero-order valence-corrected chi connectivity index (χ0v) is 9.52. The molecule has 0 spiro atoms. The molecule has 1 rings (SSSR count). The van der Waals surface area contributed by atoms with E-state index < -0.39 is 30.0 Å². The molecule has 1 saturated carbocycles. The van der Waals surface area contributed by atoms with Gasteiger partial charge < -0.3 is 0 Å². The molecule has 0 aromatic heterocycles. The van der Waals surface area contributed by atoms with Gasteiger partial charge in [0.1, 0.15) is 0 Å². The Balaban J connectivity index is 2.89. The normalized spacial score (nSPS) is 21.9. The first-order chi connectivity index (χ1) is 7.83. The van der Waals surface area contributed by atoms with Gasteiger partial charge in [0.15, 0.2) is 5.78 Å². The number of hydrogen-bond acceptors (Lipinski definition) is 1. The van der Waals surface area contributed by atoms with Crippen LogP contribution in [0.2, 0.25) is 0 Å². The summed E-state index contributed by atoms with van der Waals surface area (Å²) in [5.74, 6) is -2.11. The highest BCUT2D eigenvalue weighted by Gasteiger charge is 2.61. The maximum atomic E-state index is 13.9. The summed E-state index contributed by atoms with van der Waals surface area (Å²) in [4.78, 5) is 11.7. The van der Waals surface area contributed by atoms with Gasteiger partial charge in [0.2, 0.25) is 0 Å². The molecular weight excluding hydrogens is 236 g/mol. The Morgan fingerprint density at radius 3 is 2.12 bits per heavy atom. The van der Waals surface area contributed by atoms with Crippen LogP contribution in [0, 0.1) is 5.92 Å². The van der Waals surface area contributed by atoms with Crippen molar-refractivity contribution in [2.45, 2.75) is 50.4 Å². The fourth-order valence-corrected chi connectivity index (χ4v) is 2.24. The third-order valence-corrected chi connectivity index (χ3v) is 3.24. The van der Waals surface area contributed by atoms with E-state index in [1.54, 1.807) is 0 Å². The Kier molecular flexibility index (Phi) is 4.33. The molecule has 0 saturated heterocycles. The number of carbonyl (C=O) groups excluding carboxylic acids is 1. The van der Waals surface area contributed by atoms with Crippen molar-refractivity contribution in [1.29, 1.82) is 0 Å². The number of hydrogen-bond donors (Lipinski definition) is 0. The van der Waals surface area contributed by atoms with Crippen LogP contribution < -0.4 is 0 Å². The average molecular weight is 252 g/mol. The Hall–Kier alpha value is -0.870. The number of rotatable bonds is 4. The Morgan fingerprint density at radius 2 is 1.71 bits per heavy atom. The quantitative estimate of drug-likeness (QED) is 0.546. The molecule has 1 atom stereocenters. The first-order valence-corrected chi connectivity index (χ1v) is 5.74. The van der Waals surface area contributed by atoms with Crippen LogP contribution >= 0.6 is 0 Å². The minimum absolute atomic E-state index is 0.359. The molecule has 0 radical (unpaired) electrons. The zero-order valence-electron chi connectivity index (χ0n) is 9.52. The van der Waals surface area contributed by atoms with Gasteiger partial charge in [0, 0.05) is 12.3 Å². The van der Waals surface area contributed by atoms with Crippen LogP contribution in [-0.4, -0.2) is 17.6 Å². The molecule has 98 valence electrons.